The first kappa shape index (κ1) is 18.7. The molecule has 5 heteroatoms. The van der Waals surface area contributed by atoms with Gasteiger partial charge < -0.3 is 18.9 Å². The van der Waals surface area contributed by atoms with Crippen LogP contribution >= 0.6 is 0 Å². The standard InChI is InChI=1S/C23H27NO4/c1-5-10-28-22-13-17-16(12-21(22)26-3)8-9-24-14-18-15(11-19(17)24)6-7-20(25-2)23(18)27-4/h5-7,12-13,19H,1,8-11,14H2,2-4H3/t19-/m0/s1. The molecule has 0 amide bonds. The summed E-state index contributed by atoms with van der Waals surface area (Å²) in [5, 5.41) is 0. The molecule has 0 bridgehead atoms. The third-order valence-electron chi connectivity index (χ3n) is 5.77. The van der Waals surface area contributed by atoms with Crippen LogP contribution in [0.3, 0.4) is 0 Å². The highest BCUT2D eigenvalue weighted by Gasteiger charge is 2.35. The molecule has 148 valence electrons. The van der Waals surface area contributed by atoms with Gasteiger partial charge in [0, 0.05) is 24.7 Å². The van der Waals surface area contributed by atoms with Crippen molar-refractivity contribution in [1.82, 2.24) is 4.90 Å². The average Bonchev–Trinajstić information content (AvgIpc) is 2.74. The summed E-state index contributed by atoms with van der Waals surface area (Å²) in [6, 6.07) is 8.78. The minimum Gasteiger partial charge on any atom is -0.493 e. The van der Waals surface area contributed by atoms with Crippen LogP contribution in [-0.2, 0) is 19.4 Å². The van der Waals surface area contributed by atoms with Crippen molar-refractivity contribution in [2.45, 2.75) is 25.4 Å². The third kappa shape index (κ3) is 3.10. The smallest absolute Gasteiger partial charge is 0.165 e. The van der Waals surface area contributed by atoms with Crippen molar-refractivity contribution < 1.29 is 18.9 Å². The van der Waals surface area contributed by atoms with Gasteiger partial charge >= 0.3 is 0 Å². The summed E-state index contributed by atoms with van der Waals surface area (Å²) in [7, 11) is 5.09. The van der Waals surface area contributed by atoms with Gasteiger partial charge in [-0.05, 0) is 47.7 Å². The molecular weight excluding hydrogens is 354 g/mol. The summed E-state index contributed by atoms with van der Waals surface area (Å²) < 4.78 is 22.6. The van der Waals surface area contributed by atoms with Crippen LogP contribution in [0, 0.1) is 0 Å². The number of fused-ring (bicyclic) bond motifs is 4. The second-order valence-corrected chi connectivity index (χ2v) is 7.18. The quantitative estimate of drug-likeness (QED) is 0.709. The average molecular weight is 381 g/mol. The highest BCUT2D eigenvalue weighted by atomic mass is 16.5. The molecule has 0 fully saturated rings. The van der Waals surface area contributed by atoms with Crippen molar-refractivity contribution in [3.8, 4) is 23.0 Å². The zero-order chi connectivity index (χ0) is 19.7. The fraction of sp³-hybridized carbons (Fsp3) is 0.391. The summed E-state index contributed by atoms with van der Waals surface area (Å²) >= 11 is 0. The Morgan fingerprint density at radius 2 is 1.86 bits per heavy atom. The molecule has 1 atom stereocenters. The van der Waals surface area contributed by atoms with Gasteiger partial charge in [0.05, 0.1) is 21.3 Å². The summed E-state index contributed by atoms with van der Waals surface area (Å²) in [6.07, 6.45) is 3.68. The third-order valence-corrected chi connectivity index (χ3v) is 5.77. The molecule has 2 heterocycles. The van der Waals surface area contributed by atoms with Gasteiger partial charge in [-0.15, -0.1) is 0 Å². The van der Waals surface area contributed by atoms with E-state index in [0.29, 0.717) is 12.6 Å². The van der Waals surface area contributed by atoms with Crippen LogP contribution in [0.4, 0.5) is 0 Å². The molecule has 2 aliphatic rings. The van der Waals surface area contributed by atoms with Gasteiger partial charge in [-0.25, -0.2) is 0 Å². The van der Waals surface area contributed by atoms with Gasteiger partial charge in [-0.3, -0.25) is 4.90 Å². The lowest BCUT2D eigenvalue weighted by atomic mass is 9.83. The van der Waals surface area contributed by atoms with E-state index in [1.54, 1.807) is 27.4 Å². The van der Waals surface area contributed by atoms with E-state index in [0.717, 1.165) is 48.9 Å². The van der Waals surface area contributed by atoms with Crippen LogP contribution in [0.5, 0.6) is 23.0 Å². The van der Waals surface area contributed by atoms with Crippen LogP contribution in [0.15, 0.2) is 36.9 Å². The molecule has 2 aromatic carbocycles. The molecule has 0 unspecified atom stereocenters. The van der Waals surface area contributed by atoms with Gasteiger partial charge in [-0.2, -0.15) is 0 Å². The lowest BCUT2D eigenvalue weighted by molar-refractivity contribution is 0.157. The predicted molar refractivity (Wildman–Crippen MR) is 109 cm³/mol. The summed E-state index contributed by atoms with van der Waals surface area (Å²) in [5.41, 5.74) is 5.22. The number of methoxy groups -OCH3 is 3. The van der Waals surface area contributed by atoms with E-state index in [1.165, 1.54) is 22.3 Å². The van der Waals surface area contributed by atoms with Crippen molar-refractivity contribution in [1.29, 1.82) is 0 Å². The largest absolute Gasteiger partial charge is 0.493 e. The van der Waals surface area contributed by atoms with Gasteiger partial charge in [0.2, 0.25) is 0 Å². The van der Waals surface area contributed by atoms with Crippen molar-refractivity contribution in [2.24, 2.45) is 0 Å². The number of benzene rings is 2. The molecule has 0 N–H and O–H groups in total. The molecule has 2 aromatic rings. The molecule has 0 aromatic heterocycles. The Morgan fingerprint density at radius 1 is 1.04 bits per heavy atom. The SMILES string of the molecule is C=CCOc1cc2c(cc1OC)CCN1Cc3c(ccc(OC)c3OC)C[C@@H]21. The maximum absolute atomic E-state index is 5.86. The van der Waals surface area contributed by atoms with Gasteiger partial charge in [-0.1, -0.05) is 18.7 Å². The van der Waals surface area contributed by atoms with E-state index in [4.69, 9.17) is 18.9 Å². The molecule has 0 spiro atoms. The maximum Gasteiger partial charge on any atom is 0.165 e. The summed E-state index contributed by atoms with van der Waals surface area (Å²) in [6.45, 7) is 6.07. The molecule has 0 saturated heterocycles. The molecule has 0 saturated carbocycles. The molecule has 0 radical (unpaired) electrons. The summed E-state index contributed by atoms with van der Waals surface area (Å²) in [5.74, 6) is 3.22. The van der Waals surface area contributed by atoms with E-state index in [9.17, 15) is 0 Å². The Kier molecular flexibility index (Phi) is 5.18. The van der Waals surface area contributed by atoms with Crippen molar-refractivity contribution >= 4 is 0 Å². The highest BCUT2D eigenvalue weighted by molar-refractivity contribution is 5.54. The van der Waals surface area contributed by atoms with Crippen LogP contribution in [0.1, 0.15) is 28.3 Å². The minimum atomic E-state index is 0.325. The lowest BCUT2D eigenvalue weighted by Crippen LogP contribution is -2.39. The number of ether oxygens (including phenoxy) is 4. The van der Waals surface area contributed by atoms with Crippen LogP contribution in [0.25, 0.3) is 0 Å². The Bertz CT molecular complexity index is 893. The summed E-state index contributed by atoms with van der Waals surface area (Å²) in [4.78, 5) is 2.52. The molecule has 5 nitrogen and oxygen atoms in total. The molecule has 4 rings (SSSR count). The number of hydrogen-bond acceptors (Lipinski definition) is 5. The molecular formula is C23H27NO4. The van der Waals surface area contributed by atoms with Gasteiger partial charge in [0.15, 0.2) is 23.0 Å². The zero-order valence-corrected chi connectivity index (χ0v) is 16.8. The van der Waals surface area contributed by atoms with Crippen molar-refractivity contribution in [3.63, 3.8) is 0 Å². The van der Waals surface area contributed by atoms with Gasteiger partial charge in [0.1, 0.15) is 6.61 Å². The van der Waals surface area contributed by atoms with Crippen LogP contribution in [-0.4, -0.2) is 39.4 Å². The molecule has 0 aliphatic carbocycles. The second-order valence-electron chi connectivity index (χ2n) is 7.18. The van der Waals surface area contributed by atoms with E-state index in [-0.39, 0.29) is 0 Å². The fourth-order valence-corrected chi connectivity index (χ4v) is 4.42. The maximum atomic E-state index is 5.86. The Morgan fingerprint density at radius 3 is 2.57 bits per heavy atom. The van der Waals surface area contributed by atoms with E-state index in [1.807, 2.05) is 6.07 Å². The monoisotopic (exact) mass is 381 g/mol. The second kappa shape index (κ2) is 7.76. The van der Waals surface area contributed by atoms with Crippen molar-refractivity contribution in [2.75, 3.05) is 34.5 Å². The van der Waals surface area contributed by atoms with E-state index in [2.05, 4.69) is 29.7 Å². The highest BCUT2D eigenvalue weighted by Crippen LogP contribution is 2.45. The lowest BCUT2D eigenvalue weighted by Gasteiger charge is -2.42. The Hall–Kier alpha value is -2.66. The van der Waals surface area contributed by atoms with Gasteiger partial charge in [0.25, 0.3) is 0 Å². The minimum absolute atomic E-state index is 0.325. The first-order valence-electron chi connectivity index (χ1n) is 9.61. The first-order chi connectivity index (χ1) is 13.7. The first-order valence-corrected chi connectivity index (χ1v) is 9.61. The topological polar surface area (TPSA) is 40.2 Å². The zero-order valence-electron chi connectivity index (χ0n) is 16.8. The van der Waals surface area contributed by atoms with E-state index < -0.39 is 0 Å². The Balaban J connectivity index is 1.73. The van der Waals surface area contributed by atoms with Crippen LogP contribution in [0.2, 0.25) is 0 Å². The van der Waals surface area contributed by atoms with Crippen molar-refractivity contribution in [3.05, 3.63) is 59.2 Å². The normalized spacial score (nSPS) is 17.8. The number of rotatable bonds is 6. The number of hydrogen-bond donors (Lipinski definition) is 0. The van der Waals surface area contributed by atoms with Crippen LogP contribution < -0.4 is 18.9 Å². The molecule has 2 aliphatic heterocycles. The van der Waals surface area contributed by atoms with E-state index >= 15 is 0 Å². The number of nitrogens with zero attached hydrogens (tertiary/aromatic N) is 1. The predicted octanol–water partition coefficient (Wildman–Crippen LogP) is 3.93. The Labute approximate surface area is 166 Å². The molecule has 28 heavy (non-hydrogen) atoms. The fourth-order valence-electron chi connectivity index (χ4n) is 4.42.